The molecule has 0 aliphatic heterocycles. The molecule has 0 aromatic heterocycles. The van der Waals surface area contributed by atoms with E-state index in [0.29, 0.717) is 6.61 Å². The Morgan fingerprint density at radius 3 is 2.50 bits per heavy atom. The molecule has 0 radical (unpaired) electrons. The second kappa shape index (κ2) is 7.66. The maximum atomic E-state index is 9.32. The van der Waals surface area contributed by atoms with Crippen molar-refractivity contribution in [2.45, 2.75) is 25.7 Å². The first-order chi connectivity index (χ1) is 7.77. The molecule has 0 aliphatic carbocycles. The van der Waals surface area contributed by atoms with Crippen LogP contribution in [0.4, 0.5) is 0 Å². The molecule has 0 aliphatic rings. The number of halogens is 1. The summed E-state index contributed by atoms with van der Waals surface area (Å²) in [4.78, 5) is 0. The highest BCUT2D eigenvalue weighted by Crippen LogP contribution is 2.21. The molecule has 0 saturated heterocycles. The van der Waals surface area contributed by atoms with Crippen LogP contribution < -0.4 is 0 Å². The van der Waals surface area contributed by atoms with Gasteiger partial charge in [-0.1, -0.05) is 30.7 Å². The third kappa shape index (κ3) is 4.52. The molecule has 1 aromatic carbocycles. The highest BCUT2D eigenvalue weighted by molar-refractivity contribution is 6.30. The first kappa shape index (κ1) is 13.5. The van der Waals surface area contributed by atoms with E-state index >= 15 is 0 Å². The summed E-state index contributed by atoms with van der Waals surface area (Å²) in [6, 6.07) is 7.63. The molecular weight excluding hydrogens is 224 g/mol. The molecule has 0 fully saturated rings. The van der Waals surface area contributed by atoms with Crippen LogP contribution in [0.2, 0.25) is 5.02 Å². The maximum absolute atomic E-state index is 9.32. The van der Waals surface area contributed by atoms with Gasteiger partial charge in [-0.15, -0.1) is 0 Å². The summed E-state index contributed by atoms with van der Waals surface area (Å²) in [5.41, 5.74) is 1.12. The quantitative estimate of drug-likeness (QED) is 0.744. The number of rotatable bonds is 7. The fraction of sp³-hybridized carbons (Fsp3) is 0.538. The van der Waals surface area contributed by atoms with Crippen LogP contribution in [0.15, 0.2) is 24.3 Å². The number of ether oxygens (including phenoxy) is 1. The van der Waals surface area contributed by atoms with Crippen molar-refractivity contribution < 1.29 is 9.84 Å². The third-order valence-corrected chi connectivity index (χ3v) is 2.77. The Bertz CT molecular complexity index is 284. The molecule has 1 aromatic rings. The molecule has 1 N–H and O–H groups in total. The molecule has 16 heavy (non-hydrogen) atoms. The highest BCUT2D eigenvalue weighted by Gasteiger charge is 2.09. The van der Waals surface area contributed by atoms with E-state index < -0.39 is 0 Å². The summed E-state index contributed by atoms with van der Waals surface area (Å²) in [5.74, 6) is 0.147. The summed E-state index contributed by atoms with van der Waals surface area (Å²) in [5, 5.41) is 10.0. The largest absolute Gasteiger partial charge is 0.396 e. The number of benzene rings is 1. The Morgan fingerprint density at radius 1 is 1.25 bits per heavy atom. The topological polar surface area (TPSA) is 29.5 Å². The SMILES string of the molecule is CCCOCCC(CO)c1ccc(Cl)cc1. The van der Waals surface area contributed by atoms with Gasteiger partial charge >= 0.3 is 0 Å². The fourth-order valence-electron chi connectivity index (χ4n) is 1.57. The zero-order valence-corrected chi connectivity index (χ0v) is 10.4. The van der Waals surface area contributed by atoms with E-state index in [9.17, 15) is 5.11 Å². The lowest BCUT2D eigenvalue weighted by Crippen LogP contribution is -2.08. The molecule has 0 amide bonds. The molecule has 1 unspecified atom stereocenters. The van der Waals surface area contributed by atoms with Crippen molar-refractivity contribution in [3.8, 4) is 0 Å². The van der Waals surface area contributed by atoms with Gasteiger partial charge in [-0.05, 0) is 30.5 Å². The van der Waals surface area contributed by atoms with Gasteiger partial charge in [-0.3, -0.25) is 0 Å². The van der Waals surface area contributed by atoms with Gasteiger partial charge in [0.25, 0.3) is 0 Å². The van der Waals surface area contributed by atoms with Gasteiger partial charge in [0.05, 0.1) is 6.61 Å². The Morgan fingerprint density at radius 2 is 1.94 bits per heavy atom. The van der Waals surface area contributed by atoms with Crippen molar-refractivity contribution in [1.82, 2.24) is 0 Å². The van der Waals surface area contributed by atoms with Crippen LogP contribution >= 0.6 is 11.6 Å². The smallest absolute Gasteiger partial charge is 0.0500 e. The molecule has 0 saturated carbocycles. The lowest BCUT2D eigenvalue weighted by atomic mass is 9.97. The summed E-state index contributed by atoms with van der Waals surface area (Å²) in [7, 11) is 0. The predicted octanol–water partition coefficient (Wildman–Crippen LogP) is 3.23. The van der Waals surface area contributed by atoms with Gasteiger partial charge in [0.1, 0.15) is 0 Å². The van der Waals surface area contributed by atoms with Crippen molar-refractivity contribution in [2.75, 3.05) is 19.8 Å². The minimum Gasteiger partial charge on any atom is -0.396 e. The lowest BCUT2D eigenvalue weighted by Gasteiger charge is -2.14. The van der Waals surface area contributed by atoms with Crippen molar-refractivity contribution in [3.05, 3.63) is 34.9 Å². The van der Waals surface area contributed by atoms with E-state index in [4.69, 9.17) is 16.3 Å². The third-order valence-electron chi connectivity index (χ3n) is 2.52. The molecule has 0 bridgehead atoms. The second-order valence-corrected chi connectivity index (χ2v) is 4.27. The second-order valence-electron chi connectivity index (χ2n) is 3.83. The number of aliphatic hydroxyl groups is 1. The Balaban J connectivity index is 2.44. The average molecular weight is 243 g/mol. The fourth-order valence-corrected chi connectivity index (χ4v) is 1.70. The van der Waals surface area contributed by atoms with E-state index in [2.05, 4.69) is 6.92 Å². The number of aliphatic hydroxyl groups excluding tert-OH is 1. The molecule has 90 valence electrons. The molecule has 1 rings (SSSR count). The van der Waals surface area contributed by atoms with Crippen molar-refractivity contribution in [2.24, 2.45) is 0 Å². The lowest BCUT2D eigenvalue weighted by molar-refractivity contribution is 0.119. The Hall–Kier alpha value is -0.570. The van der Waals surface area contributed by atoms with Gasteiger partial charge in [-0.25, -0.2) is 0 Å². The first-order valence-corrected chi connectivity index (χ1v) is 6.09. The molecule has 2 nitrogen and oxygen atoms in total. The number of hydrogen-bond donors (Lipinski definition) is 1. The summed E-state index contributed by atoms with van der Waals surface area (Å²) in [6.45, 7) is 3.72. The van der Waals surface area contributed by atoms with Crippen LogP contribution in [0.5, 0.6) is 0 Å². The summed E-state index contributed by atoms with van der Waals surface area (Å²) < 4.78 is 5.42. The van der Waals surface area contributed by atoms with Crippen LogP contribution in [0.25, 0.3) is 0 Å². The molecule has 0 spiro atoms. The first-order valence-electron chi connectivity index (χ1n) is 5.72. The normalized spacial score (nSPS) is 12.7. The van der Waals surface area contributed by atoms with Crippen LogP contribution in [0.1, 0.15) is 31.2 Å². The zero-order chi connectivity index (χ0) is 11.8. The Labute approximate surface area is 102 Å². The van der Waals surface area contributed by atoms with Gasteiger partial charge in [0, 0.05) is 24.2 Å². The van der Waals surface area contributed by atoms with Crippen LogP contribution in [0.3, 0.4) is 0 Å². The minimum absolute atomic E-state index is 0.147. The highest BCUT2D eigenvalue weighted by atomic mass is 35.5. The van der Waals surface area contributed by atoms with Crippen LogP contribution in [-0.2, 0) is 4.74 Å². The van der Waals surface area contributed by atoms with Gasteiger partial charge in [0.2, 0.25) is 0 Å². The van der Waals surface area contributed by atoms with E-state index in [1.807, 2.05) is 24.3 Å². The predicted molar refractivity (Wildman–Crippen MR) is 67.0 cm³/mol. The van der Waals surface area contributed by atoms with E-state index in [1.54, 1.807) is 0 Å². The molecular formula is C13H19ClO2. The van der Waals surface area contributed by atoms with Crippen LogP contribution in [0, 0.1) is 0 Å². The van der Waals surface area contributed by atoms with Crippen molar-refractivity contribution in [3.63, 3.8) is 0 Å². The van der Waals surface area contributed by atoms with Crippen LogP contribution in [-0.4, -0.2) is 24.9 Å². The number of hydrogen-bond acceptors (Lipinski definition) is 2. The van der Waals surface area contributed by atoms with Gasteiger partial charge in [-0.2, -0.15) is 0 Å². The molecule has 0 heterocycles. The zero-order valence-electron chi connectivity index (χ0n) is 9.66. The van der Waals surface area contributed by atoms with E-state index in [1.165, 1.54) is 0 Å². The van der Waals surface area contributed by atoms with E-state index in [0.717, 1.165) is 30.0 Å². The molecule has 3 heteroatoms. The standard InChI is InChI=1S/C13H19ClO2/c1-2-8-16-9-7-12(10-15)11-3-5-13(14)6-4-11/h3-6,12,15H,2,7-10H2,1H3. The Kier molecular flexibility index (Phi) is 6.46. The van der Waals surface area contributed by atoms with Crippen molar-refractivity contribution >= 4 is 11.6 Å². The van der Waals surface area contributed by atoms with Gasteiger partial charge in [0.15, 0.2) is 0 Å². The molecule has 1 atom stereocenters. The summed E-state index contributed by atoms with van der Waals surface area (Å²) >= 11 is 5.82. The minimum atomic E-state index is 0.147. The average Bonchev–Trinajstić information content (AvgIpc) is 2.31. The van der Waals surface area contributed by atoms with Crippen molar-refractivity contribution in [1.29, 1.82) is 0 Å². The maximum Gasteiger partial charge on any atom is 0.0500 e. The van der Waals surface area contributed by atoms with Gasteiger partial charge < -0.3 is 9.84 Å². The van der Waals surface area contributed by atoms with E-state index in [-0.39, 0.29) is 12.5 Å². The monoisotopic (exact) mass is 242 g/mol. The summed E-state index contributed by atoms with van der Waals surface area (Å²) in [6.07, 6.45) is 1.88.